The first-order valence-corrected chi connectivity index (χ1v) is 4.75. The van der Waals surface area contributed by atoms with Crippen molar-refractivity contribution in [3.05, 3.63) is 12.7 Å². The van der Waals surface area contributed by atoms with Gasteiger partial charge in [0.05, 0.1) is 0 Å². The SMILES string of the molecule is C=CCC1CC(C)CCN1C(=O)O. The molecule has 0 saturated carbocycles. The number of likely N-dealkylation sites (tertiary alicyclic amines) is 1. The van der Waals surface area contributed by atoms with Crippen LogP contribution in [0.2, 0.25) is 0 Å². The smallest absolute Gasteiger partial charge is 0.407 e. The second-order valence-corrected chi connectivity index (χ2v) is 3.78. The highest BCUT2D eigenvalue weighted by molar-refractivity contribution is 5.65. The molecule has 1 saturated heterocycles. The van der Waals surface area contributed by atoms with E-state index in [0.717, 1.165) is 19.3 Å². The Balaban J connectivity index is 2.59. The normalized spacial score (nSPS) is 28.5. The lowest BCUT2D eigenvalue weighted by Crippen LogP contribution is -2.44. The lowest BCUT2D eigenvalue weighted by atomic mass is 9.91. The molecule has 1 aliphatic rings. The van der Waals surface area contributed by atoms with Crippen molar-refractivity contribution in [1.82, 2.24) is 4.90 Å². The third-order valence-electron chi connectivity index (χ3n) is 2.66. The van der Waals surface area contributed by atoms with Gasteiger partial charge in [0.15, 0.2) is 0 Å². The number of carboxylic acid groups (broad SMARTS) is 1. The van der Waals surface area contributed by atoms with Crippen LogP contribution in [0.3, 0.4) is 0 Å². The summed E-state index contributed by atoms with van der Waals surface area (Å²) in [4.78, 5) is 12.4. The van der Waals surface area contributed by atoms with Crippen molar-refractivity contribution in [2.45, 2.75) is 32.2 Å². The van der Waals surface area contributed by atoms with Gasteiger partial charge >= 0.3 is 6.09 Å². The van der Waals surface area contributed by atoms with Crippen molar-refractivity contribution in [3.63, 3.8) is 0 Å². The molecule has 0 aliphatic carbocycles. The van der Waals surface area contributed by atoms with Crippen molar-refractivity contribution in [2.24, 2.45) is 5.92 Å². The van der Waals surface area contributed by atoms with Crippen LogP contribution >= 0.6 is 0 Å². The van der Waals surface area contributed by atoms with E-state index in [1.54, 1.807) is 11.0 Å². The maximum absolute atomic E-state index is 10.8. The summed E-state index contributed by atoms with van der Waals surface area (Å²) in [7, 11) is 0. The minimum atomic E-state index is -0.793. The molecule has 13 heavy (non-hydrogen) atoms. The molecule has 0 bridgehead atoms. The Morgan fingerprint density at radius 1 is 1.77 bits per heavy atom. The number of hydrogen-bond acceptors (Lipinski definition) is 1. The van der Waals surface area contributed by atoms with E-state index in [1.165, 1.54) is 0 Å². The molecule has 1 N–H and O–H groups in total. The number of piperidine rings is 1. The van der Waals surface area contributed by atoms with Crippen LogP contribution in [0.4, 0.5) is 4.79 Å². The van der Waals surface area contributed by atoms with Crippen LogP contribution in [0.5, 0.6) is 0 Å². The molecular formula is C10H17NO2. The monoisotopic (exact) mass is 183 g/mol. The van der Waals surface area contributed by atoms with Crippen LogP contribution in [0.15, 0.2) is 12.7 Å². The average molecular weight is 183 g/mol. The van der Waals surface area contributed by atoms with Gasteiger partial charge in [-0.2, -0.15) is 0 Å². The molecule has 3 nitrogen and oxygen atoms in total. The number of carbonyl (C=O) groups is 1. The topological polar surface area (TPSA) is 40.5 Å². The van der Waals surface area contributed by atoms with Crippen molar-refractivity contribution in [3.8, 4) is 0 Å². The largest absolute Gasteiger partial charge is 0.465 e. The Bertz CT molecular complexity index is 203. The summed E-state index contributed by atoms with van der Waals surface area (Å²) in [5.74, 6) is 0.639. The van der Waals surface area contributed by atoms with Gasteiger partial charge in [0.1, 0.15) is 0 Å². The molecule has 1 rings (SSSR count). The third-order valence-corrected chi connectivity index (χ3v) is 2.66. The van der Waals surface area contributed by atoms with Gasteiger partial charge in [-0.25, -0.2) is 4.79 Å². The molecule has 1 amide bonds. The van der Waals surface area contributed by atoms with E-state index >= 15 is 0 Å². The molecule has 1 heterocycles. The van der Waals surface area contributed by atoms with Gasteiger partial charge in [0.2, 0.25) is 0 Å². The fraction of sp³-hybridized carbons (Fsp3) is 0.700. The zero-order valence-corrected chi connectivity index (χ0v) is 8.07. The van der Waals surface area contributed by atoms with Gasteiger partial charge < -0.3 is 10.0 Å². The summed E-state index contributed by atoms with van der Waals surface area (Å²) in [6, 6.07) is 0.152. The molecule has 0 aromatic rings. The van der Waals surface area contributed by atoms with E-state index in [0.29, 0.717) is 12.5 Å². The molecule has 1 fully saturated rings. The number of nitrogens with zero attached hydrogens (tertiary/aromatic N) is 1. The Hall–Kier alpha value is -0.990. The molecule has 0 aromatic carbocycles. The van der Waals surface area contributed by atoms with Crippen LogP contribution in [-0.2, 0) is 0 Å². The van der Waals surface area contributed by atoms with Crippen molar-refractivity contribution in [2.75, 3.05) is 6.54 Å². The van der Waals surface area contributed by atoms with Gasteiger partial charge in [0.25, 0.3) is 0 Å². The Kier molecular flexibility index (Phi) is 3.34. The molecule has 3 heteroatoms. The first kappa shape index (κ1) is 10.1. The summed E-state index contributed by atoms with van der Waals surface area (Å²) in [6.07, 6.45) is 3.74. The maximum Gasteiger partial charge on any atom is 0.407 e. The van der Waals surface area contributed by atoms with E-state index in [-0.39, 0.29) is 6.04 Å². The van der Waals surface area contributed by atoms with E-state index in [1.807, 2.05) is 0 Å². The summed E-state index contributed by atoms with van der Waals surface area (Å²) in [6.45, 7) is 6.51. The highest BCUT2D eigenvalue weighted by atomic mass is 16.4. The van der Waals surface area contributed by atoms with Crippen molar-refractivity contribution < 1.29 is 9.90 Å². The average Bonchev–Trinajstić information content (AvgIpc) is 2.04. The molecule has 1 aliphatic heterocycles. The summed E-state index contributed by atoms with van der Waals surface area (Å²) in [5.41, 5.74) is 0. The predicted octanol–water partition coefficient (Wildman–Crippen LogP) is 2.34. The van der Waals surface area contributed by atoms with Gasteiger partial charge in [-0.3, -0.25) is 0 Å². The lowest BCUT2D eigenvalue weighted by molar-refractivity contribution is 0.0938. The minimum Gasteiger partial charge on any atom is -0.465 e. The summed E-state index contributed by atoms with van der Waals surface area (Å²) in [5, 5.41) is 8.91. The quantitative estimate of drug-likeness (QED) is 0.667. The first-order chi connectivity index (χ1) is 6.15. The van der Waals surface area contributed by atoms with Crippen molar-refractivity contribution in [1.29, 1.82) is 0 Å². The maximum atomic E-state index is 10.8. The van der Waals surface area contributed by atoms with Crippen molar-refractivity contribution >= 4 is 6.09 Å². The molecule has 0 radical (unpaired) electrons. The third kappa shape index (κ3) is 2.47. The second-order valence-electron chi connectivity index (χ2n) is 3.78. The highest BCUT2D eigenvalue weighted by Crippen LogP contribution is 2.24. The summed E-state index contributed by atoms with van der Waals surface area (Å²) < 4.78 is 0. The zero-order chi connectivity index (χ0) is 9.84. The van der Waals surface area contributed by atoms with Gasteiger partial charge in [-0.15, -0.1) is 6.58 Å². The number of amides is 1. The molecule has 0 aromatic heterocycles. The summed E-state index contributed by atoms with van der Waals surface area (Å²) >= 11 is 0. The molecule has 2 atom stereocenters. The molecule has 0 spiro atoms. The van der Waals surface area contributed by atoms with E-state index < -0.39 is 6.09 Å². The van der Waals surface area contributed by atoms with Crippen LogP contribution in [-0.4, -0.2) is 28.7 Å². The number of rotatable bonds is 2. The predicted molar refractivity (Wildman–Crippen MR) is 51.7 cm³/mol. The first-order valence-electron chi connectivity index (χ1n) is 4.75. The molecule has 74 valence electrons. The Morgan fingerprint density at radius 2 is 2.46 bits per heavy atom. The fourth-order valence-electron chi connectivity index (χ4n) is 1.92. The molecular weight excluding hydrogens is 166 g/mol. The highest BCUT2D eigenvalue weighted by Gasteiger charge is 2.28. The van der Waals surface area contributed by atoms with E-state index in [9.17, 15) is 4.79 Å². The number of hydrogen-bond donors (Lipinski definition) is 1. The van der Waals surface area contributed by atoms with Gasteiger partial charge in [0, 0.05) is 12.6 Å². The van der Waals surface area contributed by atoms with Gasteiger partial charge in [-0.1, -0.05) is 13.0 Å². The zero-order valence-electron chi connectivity index (χ0n) is 8.07. The van der Waals surface area contributed by atoms with Crippen LogP contribution < -0.4 is 0 Å². The Morgan fingerprint density at radius 3 is 3.00 bits per heavy atom. The van der Waals surface area contributed by atoms with E-state index in [4.69, 9.17) is 5.11 Å². The van der Waals surface area contributed by atoms with Crippen LogP contribution in [0, 0.1) is 5.92 Å². The van der Waals surface area contributed by atoms with E-state index in [2.05, 4.69) is 13.5 Å². The lowest BCUT2D eigenvalue weighted by Gasteiger charge is -2.36. The molecule has 2 unspecified atom stereocenters. The van der Waals surface area contributed by atoms with Crippen LogP contribution in [0.1, 0.15) is 26.2 Å². The fourth-order valence-corrected chi connectivity index (χ4v) is 1.92. The Labute approximate surface area is 79.0 Å². The standard InChI is InChI=1S/C10H17NO2/c1-3-4-9-7-8(2)5-6-11(9)10(12)13/h3,8-9H,1,4-7H2,2H3,(H,12,13). The van der Waals surface area contributed by atoms with Gasteiger partial charge in [-0.05, 0) is 25.2 Å². The second kappa shape index (κ2) is 4.30. The minimum absolute atomic E-state index is 0.152. The van der Waals surface area contributed by atoms with Crippen LogP contribution in [0.25, 0.3) is 0 Å².